The van der Waals surface area contributed by atoms with Crippen molar-refractivity contribution in [3.05, 3.63) is 42.5 Å². The van der Waals surface area contributed by atoms with Gasteiger partial charge in [0.05, 0.1) is 5.75 Å². The Balaban J connectivity index is 1.28. The van der Waals surface area contributed by atoms with Gasteiger partial charge in [0.2, 0.25) is 5.91 Å². The number of thioether (sulfide) groups is 1. The highest BCUT2D eigenvalue weighted by molar-refractivity contribution is 7.99. The molecule has 2 aromatic rings. The predicted molar refractivity (Wildman–Crippen MR) is 114 cm³/mol. The number of rotatable bonds is 6. The summed E-state index contributed by atoms with van der Waals surface area (Å²) in [6, 6.07) is 8.95. The van der Waals surface area contributed by atoms with Crippen LogP contribution in [0.1, 0.15) is 25.7 Å². The van der Waals surface area contributed by atoms with Gasteiger partial charge in [0, 0.05) is 44.0 Å². The molecular weight excluding hydrogens is 389 g/mol. The van der Waals surface area contributed by atoms with Crippen LogP contribution in [0.5, 0.6) is 0 Å². The van der Waals surface area contributed by atoms with Crippen LogP contribution in [0, 0.1) is 5.82 Å². The molecule has 1 saturated heterocycles. The van der Waals surface area contributed by atoms with Gasteiger partial charge in [-0.3, -0.25) is 4.79 Å². The summed E-state index contributed by atoms with van der Waals surface area (Å²) in [5, 5.41) is 3.93. The number of carbonyl (C=O) groups is 1. The normalized spacial score (nSPS) is 17.6. The Morgan fingerprint density at radius 1 is 1.07 bits per heavy atom. The van der Waals surface area contributed by atoms with Gasteiger partial charge in [0.15, 0.2) is 0 Å². The lowest BCUT2D eigenvalue weighted by Crippen LogP contribution is -2.46. The zero-order chi connectivity index (χ0) is 20.1. The first-order valence-electron chi connectivity index (χ1n) is 10.2. The van der Waals surface area contributed by atoms with E-state index < -0.39 is 0 Å². The minimum atomic E-state index is -0.213. The molecule has 2 fully saturated rings. The number of hydrogen-bond acceptors (Lipinski definition) is 6. The van der Waals surface area contributed by atoms with Crippen molar-refractivity contribution in [1.29, 1.82) is 0 Å². The average Bonchev–Trinajstić information content (AvgIpc) is 3.26. The summed E-state index contributed by atoms with van der Waals surface area (Å²) >= 11 is 1.45. The maximum Gasteiger partial charge on any atom is 0.230 e. The number of anilines is 2. The van der Waals surface area contributed by atoms with E-state index in [0.29, 0.717) is 11.8 Å². The minimum Gasteiger partial charge on any atom is -0.368 e. The van der Waals surface area contributed by atoms with E-state index in [-0.39, 0.29) is 11.7 Å². The van der Waals surface area contributed by atoms with E-state index in [1.165, 1.54) is 36.7 Å². The summed E-state index contributed by atoms with van der Waals surface area (Å²) in [7, 11) is 0. The highest BCUT2D eigenvalue weighted by Crippen LogP contribution is 2.23. The van der Waals surface area contributed by atoms with Crippen LogP contribution in [-0.2, 0) is 4.79 Å². The second-order valence-corrected chi connectivity index (χ2v) is 8.50. The topological polar surface area (TPSA) is 61.4 Å². The van der Waals surface area contributed by atoms with Crippen LogP contribution in [0.25, 0.3) is 0 Å². The molecule has 1 aromatic carbocycles. The van der Waals surface area contributed by atoms with E-state index >= 15 is 0 Å². The Kier molecular flexibility index (Phi) is 6.49. The van der Waals surface area contributed by atoms with Crippen molar-refractivity contribution in [2.24, 2.45) is 0 Å². The number of piperazine rings is 1. The van der Waals surface area contributed by atoms with Gasteiger partial charge in [-0.15, -0.1) is 0 Å². The fourth-order valence-corrected chi connectivity index (χ4v) is 4.58. The molecule has 2 heterocycles. The molecule has 1 aliphatic heterocycles. The zero-order valence-corrected chi connectivity index (χ0v) is 17.2. The Bertz CT molecular complexity index is 820. The number of amides is 1. The highest BCUT2D eigenvalue weighted by atomic mass is 32.2. The Hall–Kier alpha value is -2.35. The first-order valence-corrected chi connectivity index (χ1v) is 11.2. The molecule has 0 radical (unpaired) electrons. The standard InChI is InChI=1S/C21H26FN5OS/c22-16-5-7-18(8-6-16)26-9-11-27(12-10-26)19-13-21(24-15-23-19)29-14-20(28)25-17-3-1-2-4-17/h5-8,13,15,17H,1-4,9-12,14H2,(H,25,28). The third kappa shape index (κ3) is 5.38. The van der Waals surface area contributed by atoms with Gasteiger partial charge in [-0.25, -0.2) is 14.4 Å². The maximum atomic E-state index is 13.1. The van der Waals surface area contributed by atoms with Crippen molar-refractivity contribution in [3.8, 4) is 0 Å². The maximum absolute atomic E-state index is 13.1. The van der Waals surface area contributed by atoms with Gasteiger partial charge in [0.25, 0.3) is 0 Å². The Morgan fingerprint density at radius 3 is 2.48 bits per heavy atom. The largest absolute Gasteiger partial charge is 0.368 e. The molecule has 0 spiro atoms. The molecule has 6 nitrogen and oxygen atoms in total. The second-order valence-electron chi connectivity index (χ2n) is 7.50. The number of hydrogen-bond donors (Lipinski definition) is 1. The van der Waals surface area contributed by atoms with Crippen molar-refractivity contribution < 1.29 is 9.18 Å². The minimum absolute atomic E-state index is 0.0787. The number of aromatic nitrogens is 2. The number of nitrogens with one attached hydrogen (secondary N) is 1. The van der Waals surface area contributed by atoms with Gasteiger partial charge >= 0.3 is 0 Å². The van der Waals surface area contributed by atoms with Gasteiger partial charge in [0.1, 0.15) is 23.0 Å². The number of nitrogens with zero attached hydrogens (tertiary/aromatic N) is 4. The molecule has 1 aliphatic carbocycles. The van der Waals surface area contributed by atoms with E-state index in [0.717, 1.165) is 55.6 Å². The molecule has 1 aromatic heterocycles. The molecule has 4 rings (SSSR count). The number of benzene rings is 1. The summed E-state index contributed by atoms with van der Waals surface area (Å²) in [5.74, 6) is 1.13. The van der Waals surface area contributed by atoms with Crippen LogP contribution in [0.3, 0.4) is 0 Å². The summed E-state index contributed by atoms with van der Waals surface area (Å²) in [6.07, 6.45) is 6.18. The molecule has 2 aliphatic rings. The average molecular weight is 416 g/mol. The first-order chi connectivity index (χ1) is 14.2. The van der Waals surface area contributed by atoms with Crippen molar-refractivity contribution in [3.63, 3.8) is 0 Å². The smallest absolute Gasteiger partial charge is 0.230 e. The van der Waals surface area contributed by atoms with Crippen LogP contribution >= 0.6 is 11.8 Å². The molecule has 1 amide bonds. The van der Waals surface area contributed by atoms with Gasteiger partial charge in [-0.1, -0.05) is 24.6 Å². The fourth-order valence-electron chi connectivity index (χ4n) is 3.91. The van der Waals surface area contributed by atoms with Crippen LogP contribution < -0.4 is 15.1 Å². The van der Waals surface area contributed by atoms with Crippen LogP contribution in [-0.4, -0.2) is 53.8 Å². The van der Waals surface area contributed by atoms with Crippen molar-refractivity contribution in [2.45, 2.75) is 36.8 Å². The van der Waals surface area contributed by atoms with Crippen LogP contribution in [0.4, 0.5) is 15.9 Å². The molecule has 0 bridgehead atoms. The molecule has 1 saturated carbocycles. The van der Waals surface area contributed by atoms with E-state index in [9.17, 15) is 9.18 Å². The van der Waals surface area contributed by atoms with Crippen molar-refractivity contribution >= 4 is 29.2 Å². The third-order valence-electron chi connectivity index (χ3n) is 5.49. The molecule has 1 N–H and O–H groups in total. The molecular formula is C21H26FN5OS. The van der Waals surface area contributed by atoms with E-state index in [2.05, 4.69) is 25.1 Å². The lowest BCUT2D eigenvalue weighted by Gasteiger charge is -2.36. The SMILES string of the molecule is O=C(CSc1cc(N2CCN(c3ccc(F)cc3)CC2)ncn1)NC1CCCC1. The Morgan fingerprint density at radius 2 is 1.76 bits per heavy atom. The van der Waals surface area contributed by atoms with Gasteiger partial charge < -0.3 is 15.1 Å². The first kappa shape index (κ1) is 19.9. The lowest BCUT2D eigenvalue weighted by molar-refractivity contribution is -0.119. The molecule has 0 atom stereocenters. The number of carbonyl (C=O) groups excluding carboxylic acids is 1. The van der Waals surface area contributed by atoms with Crippen LogP contribution in [0.15, 0.2) is 41.7 Å². The number of halogens is 1. The molecule has 8 heteroatoms. The fraction of sp³-hybridized carbons (Fsp3) is 0.476. The van der Waals surface area contributed by atoms with Crippen LogP contribution in [0.2, 0.25) is 0 Å². The van der Waals surface area contributed by atoms with Gasteiger partial charge in [-0.2, -0.15) is 0 Å². The Labute approximate surface area is 174 Å². The van der Waals surface area contributed by atoms with E-state index in [4.69, 9.17) is 0 Å². The summed E-state index contributed by atoms with van der Waals surface area (Å²) in [5.41, 5.74) is 1.04. The predicted octanol–water partition coefficient (Wildman–Crippen LogP) is 3.09. The summed E-state index contributed by atoms with van der Waals surface area (Å²) in [4.78, 5) is 25.3. The molecule has 0 unspecified atom stereocenters. The van der Waals surface area contributed by atoms with Crippen molar-refractivity contribution in [1.82, 2.24) is 15.3 Å². The second kappa shape index (κ2) is 9.43. The summed E-state index contributed by atoms with van der Waals surface area (Å²) < 4.78 is 13.1. The molecule has 29 heavy (non-hydrogen) atoms. The summed E-state index contributed by atoms with van der Waals surface area (Å²) in [6.45, 7) is 3.37. The van der Waals surface area contributed by atoms with E-state index in [1.807, 2.05) is 18.2 Å². The molecule has 154 valence electrons. The van der Waals surface area contributed by atoms with Crippen molar-refractivity contribution in [2.75, 3.05) is 41.7 Å². The lowest BCUT2D eigenvalue weighted by atomic mass is 10.2. The monoisotopic (exact) mass is 415 g/mol. The third-order valence-corrected chi connectivity index (χ3v) is 6.42. The zero-order valence-electron chi connectivity index (χ0n) is 16.4. The quantitative estimate of drug-likeness (QED) is 0.578. The van der Waals surface area contributed by atoms with Gasteiger partial charge in [-0.05, 0) is 37.1 Å². The highest BCUT2D eigenvalue weighted by Gasteiger charge is 2.20. The van der Waals surface area contributed by atoms with E-state index in [1.54, 1.807) is 6.33 Å².